The Labute approximate surface area is 183 Å². The van der Waals surface area contributed by atoms with E-state index in [9.17, 15) is 9.59 Å². The van der Waals surface area contributed by atoms with Crippen LogP contribution >= 0.6 is 0 Å². The van der Waals surface area contributed by atoms with Crippen molar-refractivity contribution in [3.05, 3.63) is 99.8 Å². The van der Waals surface area contributed by atoms with Crippen LogP contribution in [0.5, 0.6) is 11.5 Å². The first-order valence-electron chi connectivity index (χ1n) is 10.3. The van der Waals surface area contributed by atoms with E-state index in [4.69, 9.17) is 9.47 Å². The van der Waals surface area contributed by atoms with Crippen LogP contribution in [0.3, 0.4) is 0 Å². The molecule has 1 atom stereocenters. The molecule has 1 unspecified atom stereocenters. The summed E-state index contributed by atoms with van der Waals surface area (Å²) in [6.07, 6.45) is -0.629. The Morgan fingerprint density at radius 2 is 1.72 bits per heavy atom. The third-order valence-corrected chi connectivity index (χ3v) is 5.89. The molecule has 3 aromatic carbocycles. The van der Waals surface area contributed by atoms with Gasteiger partial charge in [-0.2, -0.15) is 0 Å². The lowest BCUT2D eigenvalue weighted by atomic mass is 10.0. The maximum Gasteiger partial charge on any atom is 0.258 e. The second kappa shape index (κ2) is 7.16. The number of amides is 1. The number of aromatic amines is 1. The minimum absolute atomic E-state index is 0.144. The zero-order valence-electron chi connectivity index (χ0n) is 17.0. The van der Waals surface area contributed by atoms with Crippen LogP contribution in [0.15, 0.2) is 77.6 Å². The zero-order chi connectivity index (χ0) is 21.7. The van der Waals surface area contributed by atoms with Crippen molar-refractivity contribution in [2.24, 2.45) is 0 Å². The summed E-state index contributed by atoms with van der Waals surface area (Å²) in [7, 11) is 0. The van der Waals surface area contributed by atoms with Crippen molar-refractivity contribution in [3.8, 4) is 11.5 Å². The maximum atomic E-state index is 13.5. The summed E-state index contributed by atoms with van der Waals surface area (Å²) in [4.78, 5) is 31.2. The van der Waals surface area contributed by atoms with Crippen LogP contribution in [-0.4, -0.2) is 22.6 Å². The second-order valence-electron chi connectivity index (χ2n) is 7.85. The number of aromatic nitrogens is 1. The number of benzene rings is 3. The highest BCUT2D eigenvalue weighted by atomic mass is 16.7. The number of fused-ring (bicyclic) bond motifs is 3. The molecule has 2 N–H and O–H groups in total. The average molecular weight is 425 g/mol. The van der Waals surface area contributed by atoms with Gasteiger partial charge in [-0.3, -0.25) is 9.59 Å². The number of anilines is 1. The lowest BCUT2D eigenvalue weighted by molar-refractivity contribution is 0.0665. The van der Waals surface area contributed by atoms with Crippen LogP contribution in [-0.2, 0) is 6.54 Å². The molecule has 0 saturated heterocycles. The number of hydrogen-bond acceptors (Lipinski definition) is 5. The first kappa shape index (κ1) is 18.5. The van der Waals surface area contributed by atoms with E-state index in [1.807, 2.05) is 66.7 Å². The number of H-pyrrole nitrogens is 1. The minimum Gasteiger partial charge on any atom is -0.454 e. The summed E-state index contributed by atoms with van der Waals surface area (Å²) >= 11 is 0. The molecule has 158 valence electrons. The molecular weight excluding hydrogens is 406 g/mol. The second-order valence-corrected chi connectivity index (χ2v) is 7.85. The van der Waals surface area contributed by atoms with Gasteiger partial charge >= 0.3 is 0 Å². The fourth-order valence-electron chi connectivity index (χ4n) is 4.30. The molecule has 4 aromatic rings. The van der Waals surface area contributed by atoms with Gasteiger partial charge in [-0.05, 0) is 47.3 Å². The van der Waals surface area contributed by atoms with Crippen LogP contribution in [0.25, 0.3) is 10.9 Å². The Kier molecular flexibility index (Phi) is 4.14. The van der Waals surface area contributed by atoms with Crippen LogP contribution in [0.1, 0.15) is 27.7 Å². The number of ether oxygens (including phenoxy) is 2. The topological polar surface area (TPSA) is 83.7 Å². The van der Waals surface area contributed by atoms with Crippen LogP contribution in [0, 0.1) is 0 Å². The molecule has 1 aromatic heterocycles. The highest BCUT2D eigenvalue weighted by molar-refractivity contribution is 6.01. The van der Waals surface area contributed by atoms with Crippen molar-refractivity contribution in [1.82, 2.24) is 9.88 Å². The lowest BCUT2D eigenvalue weighted by Gasteiger charge is -2.38. The summed E-state index contributed by atoms with van der Waals surface area (Å²) in [5.74, 6) is 1.19. The van der Waals surface area contributed by atoms with Crippen molar-refractivity contribution < 1.29 is 14.3 Å². The molecule has 0 saturated carbocycles. The molecule has 0 aliphatic carbocycles. The molecule has 7 heteroatoms. The van der Waals surface area contributed by atoms with Crippen LogP contribution in [0.4, 0.5) is 5.69 Å². The smallest absolute Gasteiger partial charge is 0.258 e. The summed E-state index contributed by atoms with van der Waals surface area (Å²) in [6, 6.07) is 22.4. The number of carbonyl (C=O) groups excluding carboxylic acids is 1. The standard InChI is InChI=1S/C25H19N3O4/c29-24-18(12-16-5-1-3-7-19(16)27-24)23-26-20-8-4-2-6-17(20)25(30)28(23)13-15-9-10-21-22(11-15)32-14-31-21/h1-12,23,26H,13-14H2,(H,27,29). The molecule has 0 fully saturated rings. The van der Waals surface area contributed by atoms with Gasteiger partial charge in [-0.15, -0.1) is 0 Å². The largest absolute Gasteiger partial charge is 0.454 e. The maximum absolute atomic E-state index is 13.5. The minimum atomic E-state index is -0.629. The van der Waals surface area contributed by atoms with Gasteiger partial charge in [0.15, 0.2) is 11.5 Å². The molecule has 0 radical (unpaired) electrons. The molecular formula is C25H19N3O4. The number of pyridine rings is 1. The Morgan fingerprint density at radius 3 is 2.66 bits per heavy atom. The van der Waals surface area contributed by atoms with Gasteiger partial charge in [-0.25, -0.2) is 0 Å². The molecule has 0 spiro atoms. The predicted octanol–water partition coefficient (Wildman–Crippen LogP) is 4.02. The van der Waals surface area contributed by atoms with Gasteiger partial charge < -0.3 is 24.7 Å². The third kappa shape index (κ3) is 2.98. The van der Waals surface area contributed by atoms with Gasteiger partial charge in [0.1, 0.15) is 6.17 Å². The highest BCUT2D eigenvalue weighted by Crippen LogP contribution is 2.36. The van der Waals surface area contributed by atoms with Gasteiger partial charge in [0.05, 0.1) is 11.1 Å². The molecule has 3 heterocycles. The Morgan fingerprint density at radius 1 is 0.906 bits per heavy atom. The van der Waals surface area contributed by atoms with Crippen molar-refractivity contribution in [1.29, 1.82) is 0 Å². The van der Waals surface area contributed by atoms with E-state index in [2.05, 4.69) is 10.3 Å². The van der Waals surface area contributed by atoms with E-state index in [0.717, 1.165) is 16.5 Å². The quantitative estimate of drug-likeness (QED) is 0.518. The van der Waals surface area contributed by atoms with E-state index >= 15 is 0 Å². The van der Waals surface area contributed by atoms with E-state index in [0.29, 0.717) is 34.9 Å². The predicted molar refractivity (Wildman–Crippen MR) is 120 cm³/mol. The molecule has 7 nitrogen and oxygen atoms in total. The van der Waals surface area contributed by atoms with Gasteiger partial charge in [0, 0.05) is 17.7 Å². The van der Waals surface area contributed by atoms with E-state index in [1.165, 1.54) is 0 Å². The molecule has 2 aliphatic heterocycles. The Bertz CT molecular complexity index is 1430. The summed E-state index contributed by atoms with van der Waals surface area (Å²) < 4.78 is 10.9. The monoisotopic (exact) mass is 425 g/mol. The third-order valence-electron chi connectivity index (χ3n) is 5.89. The first-order chi connectivity index (χ1) is 15.7. The Balaban J connectivity index is 1.46. The van der Waals surface area contributed by atoms with E-state index < -0.39 is 6.17 Å². The number of carbonyl (C=O) groups is 1. The average Bonchev–Trinajstić information content (AvgIpc) is 3.28. The van der Waals surface area contributed by atoms with Crippen molar-refractivity contribution >= 4 is 22.5 Å². The number of nitrogens with zero attached hydrogens (tertiary/aromatic N) is 1. The SMILES string of the molecule is O=C1c2ccccc2NC(c2cc3ccccc3[nH]c2=O)N1Cc1ccc2c(c1)OCO2. The molecule has 6 rings (SSSR count). The summed E-state index contributed by atoms with van der Waals surface area (Å²) in [5.41, 5.74) is 3.16. The van der Waals surface area contributed by atoms with Gasteiger partial charge in [0.25, 0.3) is 11.5 Å². The highest BCUT2D eigenvalue weighted by Gasteiger charge is 2.34. The normalized spacial score (nSPS) is 16.7. The number of hydrogen-bond donors (Lipinski definition) is 2. The zero-order valence-corrected chi connectivity index (χ0v) is 17.0. The van der Waals surface area contributed by atoms with Crippen molar-refractivity contribution in [2.75, 3.05) is 12.1 Å². The molecule has 0 bridgehead atoms. The van der Waals surface area contributed by atoms with Crippen LogP contribution < -0.4 is 20.3 Å². The van der Waals surface area contributed by atoms with E-state index in [1.54, 1.807) is 11.0 Å². The molecule has 1 amide bonds. The lowest BCUT2D eigenvalue weighted by Crippen LogP contribution is -2.44. The van der Waals surface area contributed by atoms with Gasteiger partial charge in [0.2, 0.25) is 6.79 Å². The number of nitrogens with one attached hydrogen (secondary N) is 2. The first-order valence-corrected chi connectivity index (χ1v) is 10.3. The fourth-order valence-corrected chi connectivity index (χ4v) is 4.30. The number of rotatable bonds is 3. The van der Waals surface area contributed by atoms with Gasteiger partial charge in [-0.1, -0.05) is 36.4 Å². The molecule has 2 aliphatic rings. The number of para-hydroxylation sites is 2. The summed E-state index contributed by atoms with van der Waals surface area (Å²) in [6.45, 7) is 0.485. The van der Waals surface area contributed by atoms with E-state index in [-0.39, 0.29) is 18.3 Å². The van der Waals surface area contributed by atoms with Crippen molar-refractivity contribution in [2.45, 2.75) is 12.7 Å². The summed E-state index contributed by atoms with van der Waals surface area (Å²) in [5, 5.41) is 4.30. The molecule has 32 heavy (non-hydrogen) atoms. The fraction of sp³-hybridized carbons (Fsp3) is 0.120. The van der Waals surface area contributed by atoms with Crippen molar-refractivity contribution in [3.63, 3.8) is 0 Å². The Hall–Kier alpha value is -4.26. The van der Waals surface area contributed by atoms with Crippen LogP contribution in [0.2, 0.25) is 0 Å².